The van der Waals surface area contributed by atoms with Crippen molar-refractivity contribution in [1.29, 1.82) is 0 Å². The summed E-state index contributed by atoms with van der Waals surface area (Å²) in [6.45, 7) is 5.77. The van der Waals surface area contributed by atoms with E-state index in [4.69, 9.17) is 0 Å². The lowest BCUT2D eigenvalue weighted by atomic mass is 9.90. The smallest absolute Gasteiger partial charge is 0.108 e. The fourth-order valence-electron chi connectivity index (χ4n) is 3.44. The van der Waals surface area contributed by atoms with Crippen molar-refractivity contribution < 1.29 is 15.3 Å². The van der Waals surface area contributed by atoms with E-state index in [-0.39, 0.29) is 6.04 Å². The molecule has 0 aliphatic carbocycles. The zero-order valence-corrected chi connectivity index (χ0v) is 14.6. The molecule has 0 aromatic carbocycles. The number of likely N-dealkylation sites (tertiary alicyclic amines) is 1. The van der Waals surface area contributed by atoms with Crippen molar-refractivity contribution in [3.63, 3.8) is 0 Å². The van der Waals surface area contributed by atoms with E-state index in [0.717, 1.165) is 32.2 Å². The average Bonchev–Trinajstić information content (AvgIpc) is 2.51. The molecule has 0 bridgehead atoms. The summed E-state index contributed by atoms with van der Waals surface area (Å²) in [4.78, 5) is 2.18. The minimum Gasteiger partial charge on any atom is -0.389 e. The average molecular weight is 315 g/mol. The van der Waals surface area contributed by atoms with Crippen LogP contribution in [-0.4, -0.2) is 57.7 Å². The van der Waals surface area contributed by atoms with Crippen molar-refractivity contribution in [2.24, 2.45) is 0 Å². The van der Waals surface area contributed by atoms with Crippen LogP contribution in [0.1, 0.15) is 78.1 Å². The van der Waals surface area contributed by atoms with Crippen molar-refractivity contribution >= 4 is 0 Å². The highest BCUT2D eigenvalue weighted by atomic mass is 16.4. The molecular weight excluding hydrogens is 278 g/mol. The molecule has 0 aromatic heterocycles. The molecule has 0 unspecified atom stereocenters. The SMILES string of the molecule is CCCCCCCCC[C@@H]1[C@H](O)[C@@H](O)[C@H](O)CN1CCCC. The third-order valence-electron chi connectivity index (χ3n) is 4.93. The number of hydrogen-bond donors (Lipinski definition) is 3. The van der Waals surface area contributed by atoms with Crippen LogP contribution in [0.25, 0.3) is 0 Å². The van der Waals surface area contributed by atoms with Gasteiger partial charge in [-0.15, -0.1) is 0 Å². The summed E-state index contributed by atoms with van der Waals surface area (Å²) in [6, 6.07) is 0.000548. The summed E-state index contributed by atoms with van der Waals surface area (Å²) < 4.78 is 0. The normalized spacial score (nSPS) is 29.9. The standard InChI is InChI=1S/C18H37NO3/c1-3-5-7-8-9-10-11-12-15-17(21)18(22)16(20)14-19(15)13-6-4-2/h15-18,20-22H,3-14H2,1-2H3/t15-,16-,17+,18+/m1/s1. The molecule has 1 aliphatic rings. The Labute approximate surface area is 136 Å². The van der Waals surface area contributed by atoms with Crippen LogP contribution >= 0.6 is 0 Å². The summed E-state index contributed by atoms with van der Waals surface area (Å²) in [6.07, 6.45) is 9.27. The van der Waals surface area contributed by atoms with E-state index in [1.807, 2.05) is 0 Å². The fourth-order valence-corrected chi connectivity index (χ4v) is 3.44. The van der Waals surface area contributed by atoms with Gasteiger partial charge in [0.05, 0.1) is 12.2 Å². The highest BCUT2D eigenvalue weighted by Gasteiger charge is 2.40. The Morgan fingerprint density at radius 1 is 0.773 bits per heavy atom. The van der Waals surface area contributed by atoms with Gasteiger partial charge in [-0.1, -0.05) is 65.2 Å². The Balaban J connectivity index is 2.34. The van der Waals surface area contributed by atoms with Crippen LogP contribution in [-0.2, 0) is 0 Å². The van der Waals surface area contributed by atoms with Gasteiger partial charge in [-0.3, -0.25) is 4.90 Å². The number of unbranched alkanes of at least 4 members (excludes halogenated alkanes) is 7. The number of hydrogen-bond acceptors (Lipinski definition) is 4. The number of aliphatic hydroxyl groups is 3. The number of β-amino-alcohol motifs (C(OH)–C–C–N with tert-alkyl or cyclic N) is 1. The van der Waals surface area contributed by atoms with Crippen LogP contribution in [0, 0.1) is 0 Å². The molecule has 132 valence electrons. The molecule has 4 nitrogen and oxygen atoms in total. The van der Waals surface area contributed by atoms with E-state index >= 15 is 0 Å². The predicted molar refractivity (Wildman–Crippen MR) is 90.9 cm³/mol. The van der Waals surface area contributed by atoms with Crippen molar-refractivity contribution in [3.8, 4) is 0 Å². The topological polar surface area (TPSA) is 63.9 Å². The van der Waals surface area contributed by atoms with Gasteiger partial charge in [0.1, 0.15) is 6.10 Å². The lowest BCUT2D eigenvalue weighted by Gasteiger charge is -2.44. The number of nitrogens with zero attached hydrogens (tertiary/aromatic N) is 1. The molecule has 0 spiro atoms. The van der Waals surface area contributed by atoms with E-state index in [0.29, 0.717) is 6.54 Å². The molecular formula is C18H37NO3. The van der Waals surface area contributed by atoms with E-state index < -0.39 is 18.3 Å². The van der Waals surface area contributed by atoms with Gasteiger partial charge in [-0.05, 0) is 19.4 Å². The van der Waals surface area contributed by atoms with Gasteiger partial charge < -0.3 is 15.3 Å². The maximum Gasteiger partial charge on any atom is 0.108 e. The first kappa shape index (κ1) is 19.9. The maximum atomic E-state index is 10.3. The summed E-state index contributed by atoms with van der Waals surface area (Å²) in [5.41, 5.74) is 0. The Morgan fingerprint density at radius 2 is 1.36 bits per heavy atom. The highest BCUT2D eigenvalue weighted by molar-refractivity contribution is 4.94. The van der Waals surface area contributed by atoms with E-state index in [9.17, 15) is 15.3 Å². The third kappa shape index (κ3) is 6.53. The Kier molecular flexibility index (Phi) is 10.3. The first-order valence-corrected chi connectivity index (χ1v) is 9.40. The van der Waals surface area contributed by atoms with Gasteiger partial charge in [-0.2, -0.15) is 0 Å². The van der Waals surface area contributed by atoms with Crippen LogP contribution in [0.5, 0.6) is 0 Å². The van der Waals surface area contributed by atoms with Gasteiger partial charge >= 0.3 is 0 Å². The quantitative estimate of drug-likeness (QED) is 0.513. The van der Waals surface area contributed by atoms with Crippen molar-refractivity contribution in [2.45, 2.75) is 102 Å². The second-order valence-electron chi connectivity index (χ2n) is 6.87. The first-order valence-electron chi connectivity index (χ1n) is 9.40. The van der Waals surface area contributed by atoms with Crippen LogP contribution in [0.2, 0.25) is 0 Å². The number of aliphatic hydroxyl groups excluding tert-OH is 3. The molecule has 1 rings (SSSR count). The monoisotopic (exact) mass is 315 g/mol. The zero-order chi connectivity index (χ0) is 16.4. The molecule has 1 saturated heterocycles. The molecule has 0 amide bonds. The lowest BCUT2D eigenvalue weighted by molar-refractivity contribution is -0.138. The second-order valence-corrected chi connectivity index (χ2v) is 6.87. The molecule has 1 fully saturated rings. The summed E-state index contributed by atoms with van der Waals surface area (Å²) >= 11 is 0. The minimum atomic E-state index is -0.993. The molecule has 4 heteroatoms. The van der Waals surface area contributed by atoms with Gasteiger partial charge in [0, 0.05) is 12.6 Å². The first-order chi connectivity index (χ1) is 10.6. The molecule has 1 aliphatic heterocycles. The molecule has 4 atom stereocenters. The molecule has 0 radical (unpaired) electrons. The molecule has 0 saturated carbocycles. The predicted octanol–water partition coefficient (Wildman–Crippen LogP) is 2.69. The lowest BCUT2D eigenvalue weighted by Crippen LogP contribution is -2.61. The number of piperidine rings is 1. The molecule has 22 heavy (non-hydrogen) atoms. The zero-order valence-electron chi connectivity index (χ0n) is 14.6. The Bertz CT molecular complexity index is 275. The summed E-state index contributed by atoms with van der Waals surface area (Å²) in [7, 11) is 0. The van der Waals surface area contributed by atoms with E-state index in [2.05, 4.69) is 18.7 Å². The van der Waals surface area contributed by atoms with E-state index in [1.165, 1.54) is 38.5 Å². The largest absolute Gasteiger partial charge is 0.389 e. The second kappa shape index (κ2) is 11.4. The Morgan fingerprint density at radius 3 is 2.00 bits per heavy atom. The van der Waals surface area contributed by atoms with Gasteiger partial charge in [0.15, 0.2) is 0 Å². The van der Waals surface area contributed by atoms with Gasteiger partial charge in [-0.25, -0.2) is 0 Å². The van der Waals surface area contributed by atoms with Crippen molar-refractivity contribution in [1.82, 2.24) is 4.90 Å². The summed E-state index contributed by atoms with van der Waals surface area (Å²) in [5.74, 6) is 0. The van der Waals surface area contributed by atoms with Crippen LogP contribution in [0.3, 0.4) is 0 Å². The van der Waals surface area contributed by atoms with Crippen LogP contribution < -0.4 is 0 Å². The minimum absolute atomic E-state index is 0.000548. The fraction of sp³-hybridized carbons (Fsp3) is 1.00. The van der Waals surface area contributed by atoms with Gasteiger partial charge in [0.2, 0.25) is 0 Å². The molecule has 3 N–H and O–H groups in total. The molecule has 0 aromatic rings. The number of rotatable bonds is 11. The van der Waals surface area contributed by atoms with Crippen LogP contribution in [0.15, 0.2) is 0 Å². The van der Waals surface area contributed by atoms with Crippen molar-refractivity contribution in [3.05, 3.63) is 0 Å². The van der Waals surface area contributed by atoms with Gasteiger partial charge in [0.25, 0.3) is 0 Å². The third-order valence-corrected chi connectivity index (χ3v) is 4.93. The summed E-state index contributed by atoms with van der Waals surface area (Å²) in [5, 5.41) is 30.1. The van der Waals surface area contributed by atoms with Crippen molar-refractivity contribution in [2.75, 3.05) is 13.1 Å². The Hall–Kier alpha value is -0.160. The van der Waals surface area contributed by atoms with Crippen LogP contribution in [0.4, 0.5) is 0 Å². The van der Waals surface area contributed by atoms with E-state index in [1.54, 1.807) is 0 Å². The highest BCUT2D eigenvalue weighted by Crippen LogP contribution is 2.24. The maximum absolute atomic E-state index is 10.3. The molecule has 1 heterocycles.